The highest BCUT2D eigenvalue weighted by atomic mass is 35.5. The largest absolute Gasteiger partial charge is 0.495 e. The normalized spacial score (nSPS) is 14.0. The molecule has 0 unspecified atom stereocenters. The first-order valence-electron chi connectivity index (χ1n) is 8.80. The number of hydrogen-bond acceptors (Lipinski definition) is 3. The van der Waals surface area contributed by atoms with Crippen molar-refractivity contribution in [3.8, 4) is 5.75 Å². The summed E-state index contributed by atoms with van der Waals surface area (Å²) in [5.41, 5.74) is 2.94. The second-order valence-electron chi connectivity index (χ2n) is 6.43. The molecule has 1 saturated heterocycles. The van der Waals surface area contributed by atoms with Gasteiger partial charge in [0.05, 0.1) is 12.8 Å². The van der Waals surface area contributed by atoms with Crippen LogP contribution in [0.2, 0.25) is 5.02 Å². The Morgan fingerprint density at radius 1 is 1.15 bits per heavy atom. The second-order valence-corrected chi connectivity index (χ2v) is 6.86. The van der Waals surface area contributed by atoms with Crippen molar-refractivity contribution in [1.82, 2.24) is 0 Å². The Bertz CT molecular complexity index is 870. The topological polar surface area (TPSA) is 70.7 Å². The van der Waals surface area contributed by atoms with Crippen LogP contribution in [0, 0.1) is 6.92 Å². The molecule has 2 aromatic carbocycles. The summed E-state index contributed by atoms with van der Waals surface area (Å²) < 4.78 is 5.22. The summed E-state index contributed by atoms with van der Waals surface area (Å²) in [7, 11) is 1.52. The summed E-state index contributed by atoms with van der Waals surface area (Å²) >= 11 is 5.98. The number of nitrogens with zero attached hydrogens (tertiary/aromatic N) is 1. The van der Waals surface area contributed by atoms with E-state index in [1.165, 1.54) is 7.11 Å². The van der Waals surface area contributed by atoms with Crippen molar-refractivity contribution in [2.24, 2.45) is 0 Å². The Morgan fingerprint density at radius 3 is 2.67 bits per heavy atom. The maximum Gasteiger partial charge on any atom is 0.323 e. The van der Waals surface area contributed by atoms with Crippen LogP contribution in [0.1, 0.15) is 24.8 Å². The minimum atomic E-state index is -0.406. The van der Waals surface area contributed by atoms with E-state index in [9.17, 15) is 9.59 Å². The molecule has 0 spiro atoms. The van der Waals surface area contributed by atoms with Crippen molar-refractivity contribution in [3.05, 3.63) is 47.0 Å². The summed E-state index contributed by atoms with van der Waals surface area (Å²) in [4.78, 5) is 26.3. The molecule has 7 heteroatoms. The number of carbonyl (C=O) groups is 2. The van der Waals surface area contributed by atoms with Crippen molar-refractivity contribution >= 4 is 40.6 Å². The number of piperidine rings is 1. The number of halogens is 1. The Labute approximate surface area is 163 Å². The Balaban J connectivity index is 1.71. The van der Waals surface area contributed by atoms with Gasteiger partial charge in [0.2, 0.25) is 5.91 Å². The molecule has 0 bridgehead atoms. The van der Waals surface area contributed by atoms with Crippen molar-refractivity contribution < 1.29 is 14.3 Å². The molecule has 2 N–H and O–H groups in total. The van der Waals surface area contributed by atoms with Crippen molar-refractivity contribution in [1.29, 1.82) is 0 Å². The molecule has 3 rings (SSSR count). The summed E-state index contributed by atoms with van der Waals surface area (Å²) in [6.45, 7) is 2.67. The van der Waals surface area contributed by atoms with E-state index in [-0.39, 0.29) is 5.91 Å². The number of urea groups is 1. The van der Waals surface area contributed by atoms with Gasteiger partial charge in [-0.1, -0.05) is 11.6 Å². The standard InChI is InChI=1S/C20H22ClN3O3/c1-13-11-15(7-8-17(13)24-10-4-3-5-19(24)25)22-20(26)23-16-12-14(21)6-9-18(16)27-2/h6-9,11-12H,3-5,10H2,1-2H3,(H2,22,23,26). The van der Waals surface area contributed by atoms with E-state index >= 15 is 0 Å². The maximum absolute atomic E-state index is 12.3. The SMILES string of the molecule is COc1ccc(Cl)cc1NC(=O)Nc1ccc(N2CCCCC2=O)c(C)c1. The van der Waals surface area contributed by atoms with E-state index in [2.05, 4.69) is 10.6 Å². The van der Waals surface area contributed by atoms with Crippen LogP contribution in [-0.2, 0) is 4.79 Å². The number of ether oxygens (including phenoxy) is 1. The lowest BCUT2D eigenvalue weighted by Gasteiger charge is -2.28. The molecule has 1 aliphatic rings. The molecule has 1 fully saturated rings. The molecule has 2 aromatic rings. The van der Waals surface area contributed by atoms with E-state index in [0.29, 0.717) is 28.6 Å². The van der Waals surface area contributed by atoms with Gasteiger partial charge in [0.1, 0.15) is 5.75 Å². The fourth-order valence-electron chi connectivity index (χ4n) is 3.16. The number of nitrogens with one attached hydrogen (secondary N) is 2. The summed E-state index contributed by atoms with van der Waals surface area (Å²) in [5, 5.41) is 6.02. The van der Waals surface area contributed by atoms with Crippen LogP contribution in [0.5, 0.6) is 5.75 Å². The molecule has 1 heterocycles. The fourth-order valence-corrected chi connectivity index (χ4v) is 3.33. The highest BCUT2D eigenvalue weighted by molar-refractivity contribution is 6.31. The molecule has 0 saturated carbocycles. The third kappa shape index (κ3) is 4.52. The predicted molar refractivity (Wildman–Crippen MR) is 108 cm³/mol. The molecule has 6 nitrogen and oxygen atoms in total. The summed E-state index contributed by atoms with van der Waals surface area (Å²) in [5.74, 6) is 0.667. The lowest BCUT2D eigenvalue weighted by Crippen LogP contribution is -2.35. The molecule has 142 valence electrons. The van der Waals surface area contributed by atoms with Gasteiger partial charge in [-0.05, 0) is 61.7 Å². The molecule has 0 radical (unpaired) electrons. The fraction of sp³-hybridized carbons (Fsp3) is 0.300. The number of carbonyl (C=O) groups excluding carboxylic acids is 2. The molecule has 3 amide bonds. The summed E-state index contributed by atoms with van der Waals surface area (Å²) in [6.07, 6.45) is 2.54. The first-order valence-corrected chi connectivity index (χ1v) is 9.18. The van der Waals surface area contributed by atoms with E-state index in [0.717, 1.165) is 30.6 Å². The number of amides is 3. The van der Waals surface area contributed by atoms with Gasteiger partial charge in [-0.15, -0.1) is 0 Å². The smallest absolute Gasteiger partial charge is 0.323 e. The maximum atomic E-state index is 12.3. The zero-order chi connectivity index (χ0) is 19.4. The number of aryl methyl sites for hydroxylation is 1. The predicted octanol–water partition coefficient (Wildman–Crippen LogP) is 4.82. The average molecular weight is 388 g/mol. The first kappa shape index (κ1) is 19.0. The van der Waals surface area contributed by atoms with Gasteiger partial charge in [-0.3, -0.25) is 4.79 Å². The number of benzene rings is 2. The molecule has 0 aromatic heterocycles. The van der Waals surface area contributed by atoms with E-state index in [4.69, 9.17) is 16.3 Å². The lowest BCUT2D eigenvalue weighted by atomic mass is 10.1. The second kappa shape index (κ2) is 8.31. The van der Waals surface area contributed by atoms with Crippen LogP contribution < -0.4 is 20.3 Å². The Morgan fingerprint density at radius 2 is 1.96 bits per heavy atom. The lowest BCUT2D eigenvalue weighted by molar-refractivity contribution is -0.119. The van der Waals surface area contributed by atoms with Gasteiger partial charge < -0.3 is 20.3 Å². The Kier molecular flexibility index (Phi) is 5.86. The van der Waals surface area contributed by atoms with Crippen molar-refractivity contribution in [3.63, 3.8) is 0 Å². The zero-order valence-corrected chi connectivity index (χ0v) is 16.1. The van der Waals surface area contributed by atoms with Gasteiger partial charge in [0, 0.05) is 29.4 Å². The van der Waals surface area contributed by atoms with Gasteiger partial charge in [-0.25, -0.2) is 4.79 Å². The Hall–Kier alpha value is -2.73. The minimum absolute atomic E-state index is 0.149. The molecule has 1 aliphatic heterocycles. The monoisotopic (exact) mass is 387 g/mol. The molecule has 0 aliphatic carbocycles. The molecule has 27 heavy (non-hydrogen) atoms. The number of hydrogen-bond donors (Lipinski definition) is 2. The van der Waals surface area contributed by atoms with Gasteiger partial charge in [0.15, 0.2) is 0 Å². The zero-order valence-electron chi connectivity index (χ0n) is 15.3. The van der Waals surface area contributed by atoms with Gasteiger partial charge in [-0.2, -0.15) is 0 Å². The minimum Gasteiger partial charge on any atom is -0.495 e. The van der Waals surface area contributed by atoms with Crippen molar-refractivity contribution in [2.75, 3.05) is 29.2 Å². The highest BCUT2D eigenvalue weighted by Crippen LogP contribution is 2.29. The molecular formula is C20H22ClN3O3. The number of anilines is 3. The quantitative estimate of drug-likeness (QED) is 0.790. The molecular weight excluding hydrogens is 366 g/mol. The third-order valence-corrected chi connectivity index (χ3v) is 4.71. The van der Waals surface area contributed by atoms with Gasteiger partial charge in [0.25, 0.3) is 0 Å². The van der Waals surface area contributed by atoms with Crippen LogP contribution in [0.15, 0.2) is 36.4 Å². The summed E-state index contributed by atoms with van der Waals surface area (Å²) in [6, 6.07) is 10.1. The number of rotatable bonds is 4. The van der Waals surface area contributed by atoms with Crippen molar-refractivity contribution in [2.45, 2.75) is 26.2 Å². The van der Waals surface area contributed by atoms with Crippen LogP contribution in [0.25, 0.3) is 0 Å². The molecule has 0 atom stereocenters. The first-order chi connectivity index (χ1) is 13.0. The van der Waals surface area contributed by atoms with Gasteiger partial charge >= 0.3 is 6.03 Å². The van der Waals surface area contributed by atoms with Crippen LogP contribution in [0.4, 0.5) is 21.9 Å². The van der Waals surface area contributed by atoms with Crippen LogP contribution in [-0.4, -0.2) is 25.6 Å². The third-order valence-electron chi connectivity index (χ3n) is 4.48. The number of methoxy groups -OCH3 is 1. The van der Waals surface area contributed by atoms with Crippen LogP contribution >= 0.6 is 11.6 Å². The van der Waals surface area contributed by atoms with E-state index in [1.54, 1.807) is 24.3 Å². The van der Waals surface area contributed by atoms with E-state index < -0.39 is 6.03 Å². The average Bonchev–Trinajstić information content (AvgIpc) is 2.63. The highest BCUT2D eigenvalue weighted by Gasteiger charge is 2.21. The van der Waals surface area contributed by atoms with Crippen LogP contribution in [0.3, 0.4) is 0 Å². The van der Waals surface area contributed by atoms with E-state index in [1.807, 2.05) is 24.0 Å².